The molecule has 0 aliphatic heterocycles. The van der Waals surface area contributed by atoms with Gasteiger partial charge in [0, 0.05) is 12.1 Å². The van der Waals surface area contributed by atoms with Crippen LogP contribution < -0.4 is 15.0 Å². The normalized spacial score (nSPS) is 11.8. The van der Waals surface area contributed by atoms with E-state index in [1.165, 1.54) is 30.2 Å². The lowest BCUT2D eigenvalue weighted by molar-refractivity contribution is -0.903. The number of benzene rings is 1. The Hall–Kier alpha value is -2.45. The Bertz CT molecular complexity index is 703. The molecular weight excluding hydrogens is 330 g/mol. The Balaban J connectivity index is 2.05. The molecular formula is C16H20N3O4S+. The molecule has 1 aromatic heterocycles. The van der Waals surface area contributed by atoms with Crippen molar-refractivity contribution < 1.29 is 19.4 Å². The van der Waals surface area contributed by atoms with Gasteiger partial charge < -0.3 is 15.0 Å². The molecule has 0 aliphatic rings. The molecule has 24 heavy (non-hydrogen) atoms. The molecule has 7 nitrogen and oxygen atoms in total. The van der Waals surface area contributed by atoms with Crippen molar-refractivity contribution in [2.75, 3.05) is 25.5 Å². The zero-order valence-corrected chi connectivity index (χ0v) is 14.4. The summed E-state index contributed by atoms with van der Waals surface area (Å²) < 4.78 is 5.16. The standard InChI is InChI=1S/C16H19N3O4S/c1-3-18(10-13-5-4-8-24-13)11-16(20)17-14-9-12(19(21)22)6-7-15(14)23-2/h4-9H,3,10-11H2,1-2H3,(H,17,20)/p+1. The summed E-state index contributed by atoms with van der Waals surface area (Å²) in [5.41, 5.74) is 0.215. The minimum Gasteiger partial charge on any atom is -0.495 e. The highest BCUT2D eigenvalue weighted by Gasteiger charge is 2.17. The molecule has 8 heteroatoms. The second-order valence-electron chi connectivity index (χ2n) is 5.23. The third-order valence-corrected chi connectivity index (χ3v) is 4.46. The zero-order chi connectivity index (χ0) is 17.5. The lowest BCUT2D eigenvalue weighted by atomic mass is 10.2. The highest BCUT2D eigenvalue weighted by Crippen LogP contribution is 2.28. The number of amides is 1. The number of anilines is 1. The van der Waals surface area contributed by atoms with Crippen molar-refractivity contribution in [2.24, 2.45) is 0 Å². The SMILES string of the molecule is CC[NH+](CC(=O)Nc1cc([N+](=O)[O-])ccc1OC)Cc1cccs1. The van der Waals surface area contributed by atoms with Crippen LogP contribution in [-0.2, 0) is 11.3 Å². The Morgan fingerprint density at radius 2 is 2.21 bits per heavy atom. The van der Waals surface area contributed by atoms with E-state index in [4.69, 9.17) is 4.74 Å². The van der Waals surface area contributed by atoms with Crippen LogP contribution in [0.3, 0.4) is 0 Å². The van der Waals surface area contributed by atoms with Gasteiger partial charge in [0.25, 0.3) is 11.6 Å². The third kappa shape index (κ3) is 4.77. The molecule has 1 heterocycles. The second-order valence-corrected chi connectivity index (χ2v) is 6.26. The van der Waals surface area contributed by atoms with Crippen LogP contribution in [0.2, 0.25) is 0 Å². The van der Waals surface area contributed by atoms with E-state index in [1.807, 2.05) is 24.4 Å². The number of thiophene rings is 1. The van der Waals surface area contributed by atoms with Crippen LogP contribution in [0.4, 0.5) is 11.4 Å². The maximum Gasteiger partial charge on any atom is 0.279 e. The Kier molecular flexibility index (Phi) is 6.28. The first-order valence-corrected chi connectivity index (χ1v) is 8.39. The number of nitrogens with one attached hydrogen (secondary N) is 2. The van der Waals surface area contributed by atoms with E-state index < -0.39 is 4.92 Å². The molecule has 2 rings (SSSR count). The van der Waals surface area contributed by atoms with Gasteiger partial charge in [0.05, 0.1) is 29.1 Å². The highest BCUT2D eigenvalue weighted by atomic mass is 32.1. The van der Waals surface area contributed by atoms with Crippen LogP contribution in [0.25, 0.3) is 0 Å². The third-order valence-electron chi connectivity index (χ3n) is 3.58. The Morgan fingerprint density at radius 3 is 2.79 bits per heavy atom. The van der Waals surface area contributed by atoms with Gasteiger partial charge in [-0.15, -0.1) is 11.3 Å². The molecule has 1 atom stereocenters. The number of hydrogen-bond donors (Lipinski definition) is 2. The van der Waals surface area contributed by atoms with Gasteiger partial charge in [-0.25, -0.2) is 0 Å². The van der Waals surface area contributed by atoms with Crippen LogP contribution in [0.1, 0.15) is 11.8 Å². The quantitative estimate of drug-likeness (QED) is 0.561. The number of methoxy groups -OCH3 is 1. The van der Waals surface area contributed by atoms with Crippen molar-refractivity contribution in [3.63, 3.8) is 0 Å². The van der Waals surface area contributed by atoms with Crippen molar-refractivity contribution in [3.8, 4) is 5.75 Å². The molecule has 1 aromatic carbocycles. The molecule has 1 unspecified atom stereocenters. The summed E-state index contributed by atoms with van der Waals surface area (Å²) >= 11 is 1.66. The fourth-order valence-electron chi connectivity index (χ4n) is 2.30. The zero-order valence-electron chi connectivity index (χ0n) is 13.6. The van der Waals surface area contributed by atoms with Gasteiger partial charge in [0.1, 0.15) is 12.3 Å². The number of non-ortho nitro benzene ring substituents is 1. The van der Waals surface area contributed by atoms with E-state index in [9.17, 15) is 14.9 Å². The number of hydrogen-bond acceptors (Lipinski definition) is 5. The van der Waals surface area contributed by atoms with Gasteiger partial charge in [-0.3, -0.25) is 14.9 Å². The van der Waals surface area contributed by atoms with E-state index in [0.29, 0.717) is 11.4 Å². The van der Waals surface area contributed by atoms with Crippen molar-refractivity contribution in [1.82, 2.24) is 0 Å². The maximum absolute atomic E-state index is 12.3. The highest BCUT2D eigenvalue weighted by molar-refractivity contribution is 7.09. The number of carbonyl (C=O) groups is 1. The molecule has 128 valence electrons. The van der Waals surface area contributed by atoms with Crippen LogP contribution in [0.15, 0.2) is 35.7 Å². The average molecular weight is 350 g/mol. The Morgan fingerprint density at radius 1 is 1.42 bits per heavy atom. The summed E-state index contributed by atoms with van der Waals surface area (Å²) in [6, 6.07) is 8.16. The van der Waals surface area contributed by atoms with Gasteiger partial charge >= 0.3 is 0 Å². The molecule has 0 saturated heterocycles. The van der Waals surface area contributed by atoms with Gasteiger partial charge in [0.15, 0.2) is 6.54 Å². The van der Waals surface area contributed by atoms with E-state index in [-0.39, 0.29) is 18.1 Å². The van der Waals surface area contributed by atoms with Crippen LogP contribution in [0, 0.1) is 10.1 Å². The lowest BCUT2D eigenvalue weighted by Gasteiger charge is -2.17. The summed E-state index contributed by atoms with van der Waals surface area (Å²) in [5.74, 6) is 0.187. The predicted molar refractivity (Wildman–Crippen MR) is 92.7 cm³/mol. The monoisotopic (exact) mass is 350 g/mol. The minimum atomic E-state index is -0.504. The van der Waals surface area contributed by atoms with E-state index in [1.54, 1.807) is 11.3 Å². The summed E-state index contributed by atoms with van der Waals surface area (Å²) in [6.45, 7) is 3.87. The largest absolute Gasteiger partial charge is 0.495 e. The lowest BCUT2D eigenvalue weighted by Crippen LogP contribution is -3.11. The summed E-state index contributed by atoms with van der Waals surface area (Å²) in [4.78, 5) is 25.0. The second kappa shape index (κ2) is 8.42. The fraction of sp³-hybridized carbons (Fsp3) is 0.312. The maximum atomic E-state index is 12.3. The first-order valence-electron chi connectivity index (χ1n) is 7.51. The number of ether oxygens (including phenoxy) is 1. The van der Waals surface area contributed by atoms with Crippen LogP contribution >= 0.6 is 11.3 Å². The van der Waals surface area contributed by atoms with Crippen molar-refractivity contribution in [1.29, 1.82) is 0 Å². The summed E-state index contributed by atoms with van der Waals surface area (Å²) in [5, 5.41) is 15.6. The number of nitrogens with zero attached hydrogens (tertiary/aromatic N) is 1. The fourth-order valence-corrected chi connectivity index (χ4v) is 3.08. The first kappa shape index (κ1) is 17.9. The van der Waals surface area contributed by atoms with Crippen LogP contribution in [0.5, 0.6) is 5.75 Å². The van der Waals surface area contributed by atoms with Gasteiger partial charge in [0.2, 0.25) is 0 Å². The molecule has 0 fully saturated rings. The van der Waals surface area contributed by atoms with E-state index in [2.05, 4.69) is 5.32 Å². The number of carbonyl (C=O) groups excluding carboxylic acids is 1. The molecule has 2 aromatic rings. The van der Waals surface area contributed by atoms with Crippen molar-refractivity contribution in [3.05, 3.63) is 50.7 Å². The van der Waals surface area contributed by atoms with Crippen molar-refractivity contribution >= 4 is 28.6 Å². The molecule has 0 radical (unpaired) electrons. The number of rotatable bonds is 8. The van der Waals surface area contributed by atoms with Gasteiger partial charge in [-0.2, -0.15) is 0 Å². The van der Waals surface area contributed by atoms with Gasteiger partial charge in [-0.1, -0.05) is 6.07 Å². The molecule has 1 amide bonds. The van der Waals surface area contributed by atoms with Crippen molar-refractivity contribution in [2.45, 2.75) is 13.5 Å². The smallest absolute Gasteiger partial charge is 0.279 e. The number of nitro benzene ring substituents is 1. The van der Waals surface area contributed by atoms with Gasteiger partial charge in [-0.05, 0) is 24.4 Å². The summed E-state index contributed by atoms with van der Waals surface area (Å²) in [6.07, 6.45) is 0. The predicted octanol–water partition coefficient (Wildman–Crippen LogP) is 1.71. The van der Waals surface area contributed by atoms with Crippen LogP contribution in [-0.4, -0.2) is 31.0 Å². The topological polar surface area (TPSA) is 85.9 Å². The molecule has 0 bridgehead atoms. The van der Waals surface area contributed by atoms with E-state index in [0.717, 1.165) is 18.0 Å². The number of quaternary nitrogens is 1. The average Bonchev–Trinajstić information content (AvgIpc) is 3.07. The van der Waals surface area contributed by atoms with E-state index >= 15 is 0 Å². The molecule has 0 aliphatic carbocycles. The molecule has 0 spiro atoms. The summed E-state index contributed by atoms with van der Waals surface area (Å²) in [7, 11) is 1.46. The Labute approximate surface area is 144 Å². The number of likely N-dealkylation sites (N-methyl/N-ethyl adjacent to an activating group) is 1. The first-order chi connectivity index (χ1) is 11.5. The molecule has 0 saturated carbocycles. The minimum absolute atomic E-state index is 0.0932. The number of nitro groups is 1. The molecule has 2 N–H and O–H groups in total.